The molecule has 2 unspecified atom stereocenters. The van der Waals surface area contributed by atoms with Crippen molar-refractivity contribution in [3.8, 4) is 0 Å². The number of carbonyl (C=O) groups excluding carboxylic acids is 2. The summed E-state index contributed by atoms with van der Waals surface area (Å²) in [4.78, 5) is 27.0. The van der Waals surface area contributed by atoms with Crippen LogP contribution in [0.3, 0.4) is 0 Å². The first kappa shape index (κ1) is 22.6. The maximum Gasteiger partial charge on any atom is 0.253 e. The van der Waals surface area contributed by atoms with Crippen LogP contribution in [0.25, 0.3) is 10.8 Å². The molecule has 2 amide bonds. The minimum Gasteiger partial charge on any atom is -0.336 e. The molecule has 1 heterocycles. The van der Waals surface area contributed by atoms with Gasteiger partial charge in [0.1, 0.15) is 0 Å². The van der Waals surface area contributed by atoms with E-state index in [4.69, 9.17) is 0 Å². The van der Waals surface area contributed by atoms with Gasteiger partial charge in [0.05, 0.1) is 4.90 Å². The Hall–Kier alpha value is -3.23. The molecule has 0 spiro atoms. The van der Waals surface area contributed by atoms with E-state index in [0.29, 0.717) is 30.3 Å². The van der Waals surface area contributed by atoms with Gasteiger partial charge in [-0.05, 0) is 59.5 Å². The van der Waals surface area contributed by atoms with Crippen LogP contribution in [0.2, 0.25) is 0 Å². The molecule has 5 rings (SSSR count). The molecule has 1 saturated heterocycles. The van der Waals surface area contributed by atoms with Crippen LogP contribution in [0, 0.1) is 11.8 Å². The molecule has 1 aliphatic heterocycles. The molecule has 2 fully saturated rings. The molecule has 2 aliphatic rings. The smallest absolute Gasteiger partial charge is 0.253 e. The zero-order valence-electron chi connectivity index (χ0n) is 19.0. The van der Waals surface area contributed by atoms with Crippen LogP contribution in [-0.4, -0.2) is 55.6 Å². The van der Waals surface area contributed by atoms with Crippen molar-refractivity contribution in [2.24, 2.45) is 11.8 Å². The molecule has 34 heavy (non-hydrogen) atoms. The van der Waals surface area contributed by atoms with Crippen molar-refractivity contribution in [2.75, 3.05) is 31.5 Å². The molecule has 0 bridgehead atoms. The maximum atomic E-state index is 13.2. The number of amides is 2. The van der Waals surface area contributed by atoms with Crippen LogP contribution >= 0.6 is 0 Å². The second-order valence-corrected chi connectivity index (χ2v) is 11.0. The van der Waals surface area contributed by atoms with E-state index >= 15 is 0 Å². The number of nitrogens with one attached hydrogen (secondary N) is 1. The summed E-state index contributed by atoms with van der Waals surface area (Å²) in [5, 5.41) is 4.76. The lowest BCUT2D eigenvalue weighted by Crippen LogP contribution is -2.50. The molecule has 3 aromatic carbocycles. The molecule has 8 heteroatoms. The van der Waals surface area contributed by atoms with Gasteiger partial charge in [0, 0.05) is 43.3 Å². The lowest BCUT2D eigenvalue weighted by Gasteiger charge is -2.34. The summed E-state index contributed by atoms with van der Waals surface area (Å²) < 4.78 is 27.8. The third-order valence-corrected chi connectivity index (χ3v) is 8.62. The Balaban J connectivity index is 1.21. The molecular weight excluding hydrogens is 450 g/mol. The molecule has 0 aromatic heterocycles. The van der Waals surface area contributed by atoms with Crippen molar-refractivity contribution in [1.29, 1.82) is 0 Å². The van der Waals surface area contributed by atoms with E-state index in [2.05, 4.69) is 12.2 Å². The van der Waals surface area contributed by atoms with Crippen LogP contribution in [0.5, 0.6) is 0 Å². The molecule has 2 atom stereocenters. The van der Waals surface area contributed by atoms with Gasteiger partial charge in [-0.1, -0.05) is 37.3 Å². The van der Waals surface area contributed by atoms with Gasteiger partial charge in [-0.15, -0.1) is 0 Å². The predicted octanol–water partition coefficient (Wildman–Crippen LogP) is 3.58. The summed E-state index contributed by atoms with van der Waals surface area (Å²) in [5.74, 6) is 0.403. The Morgan fingerprint density at radius 1 is 0.882 bits per heavy atom. The second-order valence-electron chi connectivity index (χ2n) is 9.09. The van der Waals surface area contributed by atoms with Gasteiger partial charge in [-0.25, -0.2) is 8.42 Å². The van der Waals surface area contributed by atoms with E-state index in [0.717, 1.165) is 17.2 Å². The Bertz CT molecular complexity index is 1350. The normalized spacial score (nSPS) is 20.8. The Morgan fingerprint density at radius 2 is 1.53 bits per heavy atom. The molecule has 1 saturated carbocycles. The van der Waals surface area contributed by atoms with Crippen molar-refractivity contribution in [1.82, 2.24) is 9.21 Å². The van der Waals surface area contributed by atoms with Crippen molar-refractivity contribution >= 4 is 38.3 Å². The summed E-state index contributed by atoms with van der Waals surface area (Å²) >= 11 is 0. The topological polar surface area (TPSA) is 86.8 Å². The summed E-state index contributed by atoms with van der Waals surface area (Å²) in [6.07, 6.45) is 0.922. The highest BCUT2D eigenvalue weighted by molar-refractivity contribution is 7.89. The fourth-order valence-electron chi connectivity index (χ4n) is 4.41. The third-order valence-electron chi connectivity index (χ3n) is 6.73. The summed E-state index contributed by atoms with van der Waals surface area (Å²) in [6.45, 7) is 3.19. The highest BCUT2D eigenvalue weighted by atomic mass is 32.2. The third kappa shape index (κ3) is 4.43. The number of piperazine rings is 1. The lowest BCUT2D eigenvalue weighted by molar-refractivity contribution is -0.117. The van der Waals surface area contributed by atoms with E-state index in [1.807, 2.05) is 30.3 Å². The summed E-state index contributed by atoms with van der Waals surface area (Å²) in [6, 6.07) is 19.7. The van der Waals surface area contributed by atoms with E-state index in [-0.39, 0.29) is 35.7 Å². The summed E-state index contributed by atoms with van der Waals surface area (Å²) in [7, 11) is -3.64. The molecule has 3 aromatic rings. The first-order valence-electron chi connectivity index (χ1n) is 11.5. The fraction of sp³-hybridized carbons (Fsp3) is 0.308. The Morgan fingerprint density at radius 3 is 2.18 bits per heavy atom. The molecular formula is C26H27N3O4S. The molecule has 7 nitrogen and oxygen atoms in total. The van der Waals surface area contributed by atoms with Gasteiger partial charge >= 0.3 is 0 Å². The van der Waals surface area contributed by atoms with Gasteiger partial charge in [0.15, 0.2) is 0 Å². The van der Waals surface area contributed by atoms with E-state index in [1.165, 1.54) is 4.31 Å². The Labute approximate surface area is 199 Å². The van der Waals surface area contributed by atoms with Crippen LogP contribution in [0.4, 0.5) is 5.69 Å². The minimum atomic E-state index is -3.64. The van der Waals surface area contributed by atoms with Gasteiger partial charge in [0.25, 0.3) is 5.91 Å². The van der Waals surface area contributed by atoms with Gasteiger partial charge in [0.2, 0.25) is 15.9 Å². The van der Waals surface area contributed by atoms with E-state index in [1.54, 1.807) is 41.3 Å². The standard InChI is InChI=1S/C26H27N3O4S/c1-18-16-24(18)25(30)27-22-9-6-20(7-10-22)26(31)28-12-14-29(15-13-28)34(32,33)23-11-8-19-4-2-3-5-21(19)17-23/h2-11,17-18,24H,12-16H2,1H3,(H,27,30). The number of anilines is 1. The maximum absolute atomic E-state index is 13.2. The van der Waals surface area contributed by atoms with Crippen molar-refractivity contribution in [2.45, 2.75) is 18.2 Å². The van der Waals surface area contributed by atoms with Crippen LogP contribution < -0.4 is 5.32 Å². The van der Waals surface area contributed by atoms with Crippen LogP contribution in [0.1, 0.15) is 23.7 Å². The highest BCUT2D eigenvalue weighted by Crippen LogP contribution is 2.38. The fourth-order valence-corrected chi connectivity index (χ4v) is 5.87. The number of rotatable bonds is 5. The van der Waals surface area contributed by atoms with Crippen molar-refractivity contribution in [3.63, 3.8) is 0 Å². The predicted molar refractivity (Wildman–Crippen MR) is 131 cm³/mol. The summed E-state index contributed by atoms with van der Waals surface area (Å²) in [5.41, 5.74) is 1.19. The quantitative estimate of drug-likeness (QED) is 0.609. The average Bonchev–Trinajstić information content (AvgIpc) is 3.60. The monoisotopic (exact) mass is 477 g/mol. The minimum absolute atomic E-state index is 0.0234. The van der Waals surface area contributed by atoms with Gasteiger partial charge in [-0.3, -0.25) is 9.59 Å². The zero-order chi connectivity index (χ0) is 23.9. The van der Waals surface area contributed by atoms with E-state index < -0.39 is 10.0 Å². The van der Waals surface area contributed by atoms with Crippen LogP contribution in [-0.2, 0) is 14.8 Å². The van der Waals surface area contributed by atoms with Gasteiger partial charge < -0.3 is 10.2 Å². The number of hydrogen-bond donors (Lipinski definition) is 1. The first-order chi connectivity index (χ1) is 16.3. The SMILES string of the molecule is CC1CC1C(=O)Nc1ccc(C(=O)N2CCN(S(=O)(=O)c3ccc4ccccc4c3)CC2)cc1. The number of nitrogens with zero attached hydrogens (tertiary/aromatic N) is 2. The molecule has 0 radical (unpaired) electrons. The number of sulfonamides is 1. The number of fused-ring (bicyclic) bond motifs is 1. The molecule has 1 aliphatic carbocycles. The molecule has 1 N–H and O–H groups in total. The number of carbonyl (C=O) groups is 2. The lowest BCUT2D eigenvalue weighted by atomic mass is 10.1. The Kier molecular flexibility index (Phi) is 5.87. The number of benzene rings is 3. The van der Waals surface area contributed by atoms with Gasteiger partial charge in [-0.2, -0.15) is 4.31 Å². The largest absolute Gasteiger partial charge is 0.336 e. The molecule has 176 valence electrons. The van der Waals surface area contributed by atoms with Crippen molar-refractivity contribution < 1.29 is 18.0 Å². The van der Waals surface area contributed by atoms with E-state index in [9.17, 15) is 18.0 Å². The van der Waals surface area contributed by atoms with Crippen LogP contribution in [0.15, 0.2) is 71.6 Å². The zero-order valence-corrected chi connectivity index (χ0v) is 19.8. The number of hydrogen-bond acceptors (Lipinski definition) is 4. The second kappa shape index (κ2) is 8.85. The average molecular weight is 478 g/mol. The first-order valence-corrected chi connectivity index (χ1v) is 13.0. The van der Waals surface area contributed by atoms with Crippen molar-refractivity contribution in [3.05, 3.63) is 72.3 Å². The highest BCUT2D eigenvalue weighted by Gasteiger charge is 2.39.